The molecule has 1 heterocycles. The van der Waals surface area contributed by atoms with Crippen LogP contribution in [0.2, 0.25) is 0 Å². The number of rotatable bonds is 52. The van der Waals surface area contributed by atoms with Crippen LogP contribution in [0.5, 0.6) is 0 Å². The lowest BCUT2D eigenvalue weighted by Crippen LogP contribution is -2.61. The van der Waals surface area contributed by atoms with Crippen molar-refractivity contribution in [1.29, 1.82) is 0 Å². The SMILES string of the molecule is CC/C=C\C/C=C\C/C=C\C/C=C\C/C=C\CCCC(=O)OC1C(OCC(COC(=O)CCCCCCCCC/C=C\C/C=C\CCCCC)OC(=O)CCCCCCC/C=C\CCCCCCCC)OC(C(=O)O)C(O)C1O. The molecule has 3 N–H and O–H groups in total. The van der Waals surface area contributed by atoms with E-state index >= 15 is 0 Å². The summed E-state index contributed by atoms with van der Waals surface area (Å²) in [6.45, 7) is 5.82. The molecule has 450 valence electrons. The highest BCUT2D eigenvalue weighted by molar-refractivity contribution is 5.74. The quantitative estimate of drug-likeness (QED) is 0.0228. The summed E-state index contributed by atoms with van der Waals surface area (Å²) in [4.78, 5) is 51.2. The highest BCUT2D eigenvalue weighted by atomic mass is 16.7. The molecule has 0 bridgehead atoms. The highest BCUT2D eigenvalue weighted by Crippen LogP contribution is 2.26. The van der Waals surface area contributed by atoms with E-state index in [2.05, 4.69) is 106 Å². The van der Waals surface area contributed by atoms with Crippen LogP contribution in [0.25, 0.3) is 0 Å². The molecule has 79 heavy (non-hydrogen) atoms. The number of ether oxygens (including phenoxy) is 5. The van der Waals surface area contributed by atoms with E-state index in [9.17, 15) is 34.5 Å². The van der Waals surface area contributed by atoms with Gasteiger partial charge < -0.3 is 39.0 Å². The molecular formula is C67H110O12. The molecule has 0 radical (unpaired) electrons. The van der Waals surface area contributed by atoms with Crippen molar-refractivity contribution in [3.05, 3.63) is 97.2 Å². The number of aliphatic hydroxyl groups excluding tert-OH is 2. The third kappa shape index (κ3) is 44.0. The predicted octanol–water partition coefficient (Wildman–Crippen LogP) is 16.5. The lowest BCUT2D eigenvalue weighted by atomic mass is 9.98. The molecule has 0 aromatic heterocycles. The summed E-state index contributed by atoms with van der Waals surface area (Å²) in [6.07, 6.45) is 59.4. The molecule has 1 aliphatic rings. The highest BCUT2D eigenvalue weighted by Gasteiger charge is 2.50. The number of carbonyl (C=O) groups is 4. The second kappa shape index (κ2) is 54.2. The summed E-state index contributed by atoms with van der Waals surface area (Å²) in [5.74, 6) is -3.22. The molecule has 1 fully saturated rings. The number of esters is 3. The Morgan fingerprint density at radius 3 is 1.29 bits per heavy atom. The number of aliphatic carboxylic acids is 1. The second-order valence-corrected chi connectivity index (χ2v) is 20.9. The van der Waals surface area contributed by atoms with E-state index in [0.29, 0.717) is 25.7 Å². The van der Waals surface area contributed by atoms with Gasteiger partial charge in [-0.25, -0.2) is 4.79 Å². The zero-order valence-electron chi connectivity index (χ0n) is 49.6. The standard InChI is InChI=1S/C67H110O12/c1-4-7-10-13-16-19-22-25-28-30-33-35-38-41-44-47-50-53-59(68)75-56-58(77-60(69)54-51-48-45-42-39-36-32-27-24-21-18-15-12-9-6-3)57-76-67-65(63(72)62(71)64(79-67)66(73)74)78-61(70)55-52-49-46-43-40-37-34-31-29-26-23-20-17-14-11-8-5-2/h8,11,16-17,19-20,25-29,32,34,37,43,46,58,62-65,67,71-72H,4-7,9-10,12-15,18,21-24,30-31,33,35-36,38-42,44-45,47-57H2,1-3H3,(H,73,74)/b11-8-,19-16-,20-17-,28-25-,29-26-,32-27-,37-34-,46-43-. The van der Waals surface area contributed by atoms with Crippen LogP contribution in [0.15, 0.2) is 97.2 Å². The minimum absolute atomic E-state index is 0.0230. The maximum atomic E-state index is 13.2. The van der Waals surface area contributed by atoms with Gasteiger partial charge in [0.25, 0.3) is 0 Å². The van der Waals surface area contributed by atoms with E-state index in [0.717, 1.165) is 109 Å². The van der Waals surface area contributed by atoms with Crippen LogP contribution in [0.4, 0.5) is 0 Å². The van der Waals surface area contributed by atoms with E-state index in [-0.39, 0.29) is 25.9 Å². The summed E-state index contributed by atoms with van der Waals surface area (Å²) in [7, 11) is 0. The zero-order valence-corrected chi connectivity index (χ0v) is 49.6. The van der Waals surface area contributed by atoms with E-state index in [1.54, 1.807) is 0 Å². The Hall–Kier alpha value is -4.36. The molecule has 1 saturated heterocycles. The first-order chi connectivity index (χ1) is 38.6. The Morgan fingerprint density at radius 1 is 0.430 bits per heavy atom. The first-order valence-corrected chi connectivity index (χ1v) is 31.2. The molecule has 6 atom stereocenters. The molecule has 0 aliphatic carbocycles. The first-order valence-electron chi connectivity index (χ1n) is 31.2. The normalized spacial score (nSPS) is 18.5. The summed E-state index contributed by atoms with van der Waals surface area (Å²) >= 11 is 0. The molecule has 6 unspecified atom stereocenters. The number of carbonyl (C=O) groups excluding carboxylic acids is 3. The van der Waals surface area contributed by atoms with Crippen LogP contribution in [0.3, 0.4) is 0 Å². The number of carboxylic acids is 1. The van der Waals surface area contributed by atoms with E-state index in [4.69, 9.17) is 23.7 Å². The van der Waals surface area contributed by atoms with Crippen LogP contribution < -0.4 is 0 Å². The van der Waals surface area contributed by atoms with Crippen molar-refractivity contribution in [3.8, 4) is 0 Å². The molecule has 1 rings (SSSR count). The Bertz CT molecular complexity index is 1740. The molecule has 0 amide bonds. The topological polar surface area (TPSA) is 175 Å². The van der Waals surface area contributed by atoms with Crippen molar-refractivity contribution in [2.75, 3.05) is 13.2 Å². The average Bonchev–Trinajstić information content (AvgIpc) is 3.43. The second-order valence-electron chi connectivity index (χ2n) is 20.9. The van der Waals surface area contributed by atoms with Crippen LogP contribution >= 0.6 is 0 Å². The van der Waals surface area contributed by atoms with Crippen molar-refractivity contribution < 1.29 is 58.2 Å². The Balaban J connectivity index is 2.72. The minimum Gasteiger partial charge on any atom is -0.479 e. The van der Waals surface area contributed by atoms with Gasteiger partial charge in [0.05, 0.1) is 6.61 Å². The van der Waals surface area contributed by atoms with Crippen molar-refractivity contribution >= 4 is 23.9 Å². The summed E-state index contributed by atoms with van der Waals surface area (Å²) in [5.41, 5.74) is 0. The van der Waals surface area contributed by atoms with Gasteiger partial charge in [0.1, 0.15) is 18.8 Å². The zero-order chi connectivity index (χ0) is 57.5. The number of carboxylic acid groups (broad SMARTS) is 1. The Kier molecular flexibility index (Phi) is 49.9. The predicted molar refractivity (Wildman–Crippen MR) is 321 cm³/mol. The molecule has 0 saturated carbocycles. The third-order valence-electron chi connectivity index (χ3n) is 13.6. The fourth-order valence-corrected chi connectivity index (χ4v) is 8.84. The molecular weight excluding hydrogens is 997 g/mol. The minimum atomic E-state index is -1.93. The largest absolute Gasteiger partial charge is 0.479 e. The molecule has 0 spiro atoms. The van der Waals surface area contributed by atoms with E-state index < -0.39 is 67.3 Å². The van der Waals surface area contributed by atoms with Crippen LogP contribution in [0, 0.1) is 0 Å². The fourth-order valence-electron chi connectivity index (χ4n) is 8.84. The van der Waals surface area contributed by atoms with Gasteiger partial charge >= 0.3 is 23.9 Å². The van der Waals surface area contributed by atoms with Crippen LogP contribution in [-0.2, 0) is 42.9 Å². The monoisotopic (exact) mass is 1110 g/mol. The Labute approximate surface area is 479 Å². The Morgan fingerprint density at radius 2 is 0.810 bits per heavy atom. The lowest BCUT2D eigenvalue weighted by Gasteiger charge is -2.40. The number of hydrogen-bond donors (Lipinski definition) is 3. The maximum absolute atomic E-state index is 13.2. The number of unbranched alkanes of at least 4 members (excludes halogenated alkanes) is 22. The van der Waals surface area contributed by atoms with Gasteiger partial charge in [0.2, 0.25) is 0 Å². The van der Waals surface area contributed by atoms with Gasteiger partial charge in [-0.3, -0.25) is 14.4 Å². The van der Waals surface area contributed by atoms with E-state index in [1.165, 1.54) is 77.0 Å². The van der Waals surface area contributed by atoms with E-state index in [1.807, 2.05) is 12.2 Å². The summed E-state index contributed by atoms with van der Waals surface area (Å²) in [6, 6.07) is 0. The van der Waals surface area contributed by atoms with Gasteiger partial charge in [-0.15, -0.1) is 0 Å². The lowest BCUT2D eigenvalue weighted by molar-refractivity contribution is -0.301. The van der Waals surface area contributed by atoms with Crippen molar-refractivity contribution in [2.24, 2.45) is 0 Å². The maximum Gasteiger partial charge on any atom is 0.335 e. The third-order valence-corrected chi connectivity index (χ3v) is 13.6. The van der Waals surface area contributed by atoms with Gasteiger partial charge in [0, 0.05) is 19.3 Å². The average molecular weight is 1110 g/mol. The summed E-state index contributed by atoms with van der Waals surface area (Å²) in [5, 5.41) is 31.5. The smallest absolute Gasteiger partial charge is 0.335 e. The van der Waals surface area contributed by atoms with Crippen molar-refractivity contribution in [3.63, 3.8) is 0 Å². The number of allylic oxidation sites excluding steroid dienone is 16. The number of hydrogen-bond acceptors (Lipinski definition) is 11. The van der Waals surface area contributed by atoms with Crippen LogP contribution in [-0.4, -0.2) is 89.2 Å². The first kappa shape index (κ1) is 72.7. The van der Waals surface area contributed by atoms with Crippen LogP contribution in [0.1, 0.15) is 252 Å². The fraction of sp³-hybridized carbons (Fsp3) is 0.701. The van der Waals surface area contributed by atoms with Crippen molar-refractivity contribution in [2.45, 2.75) is 289 Å². The van der Waals surface area contributed by atoms with Gasteiger partial charge in [0.15, 0.2) is 24.6 Å². The van der Waals surface area contributed by atoms with Crippen molar-refractivity contribution in [1.82, 2.24) is 0 Å². The number of aliphatic hydroxyl groups is 2. The molecule has 12 nitrogen and oxygen atoms in total. The molecule has 1 aliphatic heterocycles. The molecule has 0 aromatic carbocycles. The van der Waals surface area contributed by atoms with Gasteiger partial charge in [-0.1, -0.05) is 214 Å². The molecule has 0 aromatic rings. The molecule has 12 heteroatoms. The summed E-state index contributed by atoms with van der Waals surface area (Å²) < 4.78 is 28.4. The van der Waals surface area contributed by atoms with Gasteiger partial charge in [-0.2, -0.15) is 0 Å². The van der Waals surface area contributed by atoms with Gasteiger partial charge in [-0.05, 0) is 116 Å².